The summed E-state index contributed by atoms with van der Waals surface area (Å²) in [7, 11) is 0. The number of thiocarbonyl (C=S) groups is 1. The fraction of sp³-hybridized carbons (Fsp3) is 0.889. The number of aliphatic imine (C=N–C) groups is 1. The number of hydrogen-bond acceptors (Lipinski definition) is 2. The van der Waals surface area contributed by atoms with Crippen molar-refractivity contribution in [3.63, 3.8) is 0 Å². The summed E-state index contributed by atoms with van der Waals surface area (Å²) in [6.45, 7) is 4.36. The highest BCUT2D eigenvalue weighted by Gasteiger charge is 2.01. The minimum Gasteiger partial charge on any atom is -0.229 e. The second kappa shape index (κ2) is 7.90. The van der Waals surface area contributed by atoms with Crippen molar-refractivity contribution in [2.45, 2.75) is 52.0 Å². The van der Waals surface area contributed by atoms with E-state index >= 15 is 0 Å². The molecule has 0 spiro atoms. The lowest BCUT2D eigenvalue weighted by atomic mass is 10.1. The molecule has 0 saturated heterocycles. The van der Waals surface area contributed by atoms with Crippen LogP contribution in [0.25, 0.3) is 0 Å². The number of isothiocyanates is 1. The topological polar surface area (TPSA) is 12.4 Å². The lowest BCUT2D eigenvalue weighted by molar-refractivity contribution is 0.552. The summed E-state index contributed by atoms with van der Waals surface area (Å²) in [6.07, 6.45) is 6.12. The molecule has 0 radical (unpaired) electrons. The van der Waals surface area contributed by atoms with Crippen LogP contribution in [0.2, 0.25) is 0 Å². The predicted octanol–water partition coefficient (Wildman–Crippen LogP) is 3.45. The van der Waals surface area contributed by atoms with Crippen molar-refractivity contribution in [2.24, 2.45) is 4.99 Å². The Morgan fingerprint density at radius 1 is 1.36 bits per heavy atom. The molecule has 2 heteroatoms. The molecule has 0 N–H and O–H groups in total. The van der Waals surface area contributed by atoms with Crippen molar-refractivity contribution in [2.75, 3.05) is 0 Å². The minimum absolute atomic E-state index is 0.430. The molecule has 11 heavy (non-hydrogen) atoms. The Morgan fingerprint density at radius 2 is 2.09 bits per heavy atom. The summed E-state index contributed by atoms with van der Waals surface area (Å²) in [5.41, 5.74) is 0. The van der Waals surface area contributed by atoms with Gasteiger partial charge >= 0.3 is 0 Å². The molecule has 0 bridgehead atoms. The molecule has 0 aromatic carbocycles. The molecule has 0 aliphatic heterocycles. The SMILES string of the molecule is CCCCCC(CC)N=C=S. The van der Waals surface area contributed by atoms with Crippen molar-refractivity contribution >= 4 is 17.4 Å². The van der Waals surface area contributed by atoms with Gasteiger partial charge in [0.1, 0.15) is 0 Å². The van der Waals surface area contributed by atoms with Crippen LogP contribution in [0.15, 0.2) is 4.99 Å². The van der Waals surface area contributed by atoms with Gasteiger partial charge in [-0.3, -0.25) is 0 Å². The summed E-state index contributed by atoms with van der Waals surface area (Å²) >= 11 is 4.56. The zero-order valence-corrected chi connectivity index (χ0v) is 8.28. The largest absolute Gasteiger partial charge is 0.229 e. The summed E-state index contributed by atoms with van der Waals surface area (Å²) in [6, 6.07) is 0.430. The van der Waals surface area contributed by atoms with Crippen LogP contribution in [-0.2, 0) is 0 Å². The number of unbranched alkanes of at least 4 members (excludes halogenated alkanes) is 2. The van der Waals surface area contributed by atoms with Gasteiger partial charge in [-0.05, 0) is 25.1 Å². The molecule has 0 aromatic heterocycles. The zero-order chi connectivity index (χ0) is 8.53. The fourth-order valence-corrected chi connectivity index (χ4v) is 1.21. The highest BCUT2D eigenvalue weighted by atomic mass is 32.1. The number of nitrogens with zero attached hydrogens (tertiary/aromatic N) is 1. The maximum Gasteiger partial charge on any atom is 0.0600 e. The lowest BCUT2D eigenvalue weighted by Crippen LogP contribution is -2.01. The molecule has 0 fully saturated rings. The Kier molecular flexibility index (Phi) is 7.76. The van der Waals surface area contributed by atoms with Crippen LogP contribution in [-0.4, -0.2) is 11.2 Å². The normalized spacial score (nSPS) is 12.2. The van der Waals surface area contributed by atoms with Crippen LogP contribution in [0.5, 0.6) is 0 Å². The predicted molar refractivity (Wildman–Crippen MR) is 53.2 cm³/mol. The van der Waals surface area contributed by atoms with Gasteiger partial charge in [-0.25, -0.2) is 4.99 Å². The van der Waals surface area contributed by atoms with Crippen molar-refractivity contribution in [1.29, 1.82) is 0 Å². The summed E-state index contributed by atoms with van der Waals surface area (Å²) in [5, 5.41) is 2.45. The Bertz CT molecular complexity index is 128. The average Bonchev–Trinajstić information content (AvgIpc) is 2.03. The first-order chi connectivity index (χ1) is 5.35. The molecule has 0 aliphatic rings. The van der Waals surface area contributed by atoms with Gasteiger partial charge in [0.25, 0.3) is 0 Å². The first-order valence-electron chi connectivity index (χ1n) is 4.42. The molecule has 0 rings (SSSR count). The van der Waals surface area contributed by atoms with Gasteiger partial charge in [0.15, 0.2) is 0 Å². The second-order valence-corrected chi connectivity index (χ2v) is 2.96. The standard InChI is InChI=1S/C9H17NS/c1-3-5-6-7-9(4-2)10-8-11/h9H,3-7H2,1-2H3. The van der Waals surface area contributed by atoms with Crippen LogP contribution in [0.4, 0.5) is 0 Å². The molecule has 1 unspecified atom stereocenters. The van der Waals surface area contributed by atoms with Crippen LogP contribution in [0, 0.1) is 0 Å². The quantitative estimate of drug-likeness (QED) is 0.339. The highest BCUT2D eigenvalue weighted by Crippen LogP contribution is 2.08. The Hall–Kier alpha value is -0.200. The molecule has 0 aliphatic carbocycles. The van der Waals surface area contributed by atoms with E-state index in [-0.39, 0.29) is 0 Å². The molecule has 1 nitrogen and oxygen atoms in total. The molecule has 0 aromatic rings. The second-order valence-electron chi connectivity index (χ2n) is 2.78. The third-order valence-corrected chi connectivity index (χ3v) is 1.95. The van der Waals surface area contributed by atoms with E-state index in [1.165, 1.54) is 25.7 Å². The molecule has 1 atom stereocenters. The van der Waals surface area contributed by atoms with Gasteiger partial charge in [0.05, 0.1) is 11.2 Å². The summed E-state index contributed by atoms with van der Waals surface area (Å²) in [4.78, 5) is 4.08. The number of hydrogen-bond donors (Lipinski definition) is 0. The maximum absolute atomic E-state index is 4.56. The molecular formula is C9H17NS. The minimum atomic E-state index is 0.430. The van der Waals surface area contributed by atoms with Gasteiger partial charge in [-0.2, -0.15) is 0 Å². The first-order valence-corrected chi connectivity index (χ1v) is 4.82. The summed E-state index contributed by atoms with van der Waals surface area (Å²) in [5.74, 6) is 0. The van der Waals surface area contributed by atoms with Gasteiger partial charge in [0, 0.05) is 0 Å². The van der Waals surface area contributed by atoms with E-state index in [0.717, 1.165) is 6.42 Å². The van der Waals surface area contributed by atoms with E-state index < -0.39 is 0 Å². The Morgan fingerprint density at radius 3 is 2.55 bits per heavy atom. The number of rotatable bonds is 6. The van der Waals surface area contributed by atoms with Gasteiger partial charge < -0.3 is 0 Å². The van der Waals surface area contributed by atoms with E-state index in [1.807, 2.05) is 0 Å². The highest BCUT2D eigenvalue weighted by molar-refractivity contribution is 7.78. The zero-order valence-electron chi connectivity index (χ0n) is 7.47. The van der Waals surface area contributed by atoms with E-state index in [0.29, 0.717) is 6.04 Å². The van der Waals surface area contributed by atoms with Gasteiger partial charge in [-0.15, -0.1) is 0 Å². The van der Waals surface area contributed by atoms with E-state index in [9.17, 15) is 0 Å². The fourth-order valence-electron chi connectivity index (χ4n) is 1.06. The van der Waals surface area contributed by atoms with Crippen molar-refractivity contribution in [1.82, 2.24) is 0 Å². The van der Waals surface area contributed by atoms with Gasteiger partial charge in [0.2, 0.25) is 0 Å². The summed E-state index contributed by atoms with van der Waals surface area (Å²) < 4.78 is 0. The molecule has 0 saturated carbocycles. The van der Waals surface area contributed by atoms with Crippen LogP contribution >= 0.6 is 12.2 Å². The van der Waals surface area contributed by atoms with E-state index in [4.69, 9.17) is 0 Å². The molecular weight excluding hydrogens is 154 g/mol. The van der Waals surface area contributed by atoms with E-state index in [2.05, 4.69) is 36.2 Å². The molecule has 0 heterocycles. The van der Waals surface area contributed by atoms with Crippen LogP contribution < -0.4 is 0 Å². The first kappa shape index (κ1) is 10.8. The van der Waals surface area contributed by atoms with Crippen LogP contribution in [0.3, 0.4) is 0 Å². The van der Waals surface area contributed by atoms with Crippen LogP contribution in [0.1, 0.15) is 46.0 Å². The Balaban J connectivity index is 3.43. The van der Waals surface area contributed by atoms with E-state index in [1.54, 1.807) is 0 Å². The third-order valence-electron chi connectivity index (χ3n) is 1.85. The van der Waals surface area contributed by atoms with Gasteiger partial charge in [-0.1, -0.05) is 33.1 Å². The lowest BCUT2D eigenvalue weighted by Gasteiger charge is -2.05. The third kappa shape index (κ3) is 6.21. The smallest absolute Gasteiger partial charge is 0.0600 e. The monoisotopic (exact) mass is 171 g/mol. The Labute approximate surface area is 74.9 Å². The average molecular weight is 171 g/mol. The van der Waals surface area contributed by atoms with Crippen molar-refractivity contribution < 1.29 is 0 Å². The van der Waals surface area contributed by atoms with Crippen molar-refractivity contribution in [3.8, 4) is 0 Å². The maximum atomic E-state index is 4.56. The van der Waals surface area contributed by atoms with Crippen molar-refractivity contribution in [3.05, 3.63) is 0 Å². The molecule has 0 amide bonds. The molecule has 64 valence electrons.